The number of piperidine rings is 1. The molecule has 0 aromatic rings. The second kappa shape index (κ2) is 6.42. The summed E-state index contributed by atoms with van der Waals surface area (Å²) in [6, 6.07) is 0.0593. The van der Waals surface area contributed by atoms with Crippen LogP contribution in [0.1, 0.15) is 26.2 Å². The molecule has 0 aliphatic carbocycles. The third kappa shape index (κ3) is 3.34. The molecule has 2 heterocycles. The highest BCUT2D eigenvalue weighted by atomic mass is 35.5. The molecule has 1 unspecified atom stereocenters. The molecule has 0 spiro atoms. The lowest BCUT2D eigenvalue weighted by Crippen LogP contribution is -2.53. The van der Waals surface area contributed by atoms with Crippen molar-refractivity contribution in [3.63, 3.8) is 0 Å². The van der Waals surface area contributed by atoms with Crippen molar-refractivity contribution in [3.8, 4) is 0 Å². The molecule has 4 nitrogen and oxygen atoms in total. The molecule has 2 fully saturated rings. The Bertz CT molecular complexity index is 232. The average Bonchev–Trinajstić information content (AvgIpc) is 2.29. The number of morpholine rings is 1. The molecule has 0 aromatic carbocycles. The van der Waals surface area contributed by atoms with Gasteiger partial charge in [0.1, 0.15) is 0 Å². The van der Waals surface area contributed by atoms with Crippen LogP contribution in [-0.2, 0) is 9.53 Å². The summed E-state index contributed by atoms with van der Waals surface area (Å²) in [6.45, 7) is 5.18. The smallest absolute Gasteiger partial charge is 0.239 e. The molecule has 2 saturated heterocycles. The van der Waals surface area contributed by atoms with Crippen LogP contribution < -0.4 is 5.32 Å². The maximum atomic E-state index is 12.1. The Morgan fingerprint density at radius 3 is 2.88 bits per heavy atom. The van der Waals surface area contributed by atoms with Gasteiger partial charge in [-0.1, -0.05) is 6.42 Å². The van der Waals surface area contributed by atoms with E-state index >= 15 is 0 Å². The van der Waals surface area contributed by atoms with Crippen LogP contribution in [0.5, 0.6) is 0 Å². The highest BCUT2D eigenvalue weighted by Gasteiger charge is 2.28. The normalized spacial score (nSPS) is 30.7. The van der Waals surface area contributed by atoms with Crippen molar-refractivity contribution >= 4 is 18.3 Å². The van der Waals surface area contributed by atoms with Gasteiger partial charge in [-0.3, -0.25) is 4.79 Å². The molecule has 2 rings (SSSR count). The minimum Gasteiger partial charge on any atom is -0.375 e. The zero-order chi connectivity index (χ0) is 10.7. The maximum Gasteiger partial charge on any atom is 0.239 e. The number of ether oxygens (including phenoxy) is 1. The first-order valence-corrected chi connectivity index (χ1v) is 5.91. The van der Waals surface area contributed by atoms with Crippen molar-refractivity contribution in [1.82, 2.24) is 10.2 Å². The Morgan fingerprint density at radius 1 is 1.44 bits per heavy atom. The summed E-state index contributed by atoms with van der Waals surface area (Å²) < 4.78 is 5.43. The Kier molecular flexibility index (Phi) is 5.52. The summed E-state index contributed by atoms with van der Waals surface area (Å²) in [7, 11) is 0. The van der Waals surface area contributed by atoms with E-state index in [4.69, 9.17) is 4.74 Å². The standard InChI is InChI=1S/C11H20N2O2.ClH/c1-9-8-13(6-7-15-9)11(14)10-4-2-3-5-12-10;/h9-10,12H,2-8H2,1H3;1H/t9?,10-;/m1./s1. The molecule has 2 aliphatic rings. The summed E-state index contributed by atoms with van der Waals surface area (Å²) in [5.41, 5.74) is 0. The Labute approximate surface area is 103 Å². The lowest BCUT2D eigenvalue weighted by atomic mass is 10.0. The fourth-order valence-electron chi connectivity index (χ4n) is 2.30. The molecular weight excluding hydrogens is 228 g/mol. The first-order chi connectivity index (χ1) is 7.27. The van der Waals surface area contributed by atoms with E-state index in [2.05, 4.69) is 5.32 Å². The van der Waals surface area contributed by atoms with E-state index in [1.165, 1.54) is 12.8 Å². The van der Waals surface area contributed by atoms with Crippen molar-refractivity contribution < 1.29 is 9.53 Å². The van der Waals surface area contributed by atoms with Crippen LogP contribution in [-0.4, -0.2) is 49.2 Å². The predicted molar refractivity (Wildman–Crippen MR) is 64.9 cm³/mol. The van der Waals surface area contributed by atoms with E-state index < -0.39 is 0 Å². The highest BCUT2D eigenvalue weighted by Crippen LogP contribution is 2.12. The van der Waals surface area contributed by atoms with Gasteiger partial charge < -0.3 is 15.0 Å². The number of halogens is 1. The van der Waals surface area contributed by atoms with Crippen molar-refractivity contribution in [2.45, 2.75) is 38.3 Å². The quantitative estimate of drug-likeness (QED) is 0.746. The van der Waals surface area contributed by atoms with Gasteiger partial charge in [0.25, 0.3) is 0 Å². The molecule has 5 heteroatoms. The molecule has 2 aliphatic heterocycles. The zero-order valence-corrected chi connectivity index (χ0v) is 10.6. The van der Waals surface area contributed by atoms with Gasteiger partial charge in [-0.25, -0.2) is 0 Å². The second-order valence-electron chi connectivity index (χ2n) is 4.47. The minimum atomic E-state index is 0. The number of hydrogen-bond donors (Lipinski definition) is 1. The van der Waals surface area contributed by atoms with Gasteiger partial charge in [0.05, 0.1) is 18.8 Å². The van der Waals surface area contributed by atoms with Crippen LogP contribution in [0, 0.1) is 0 Å². The van der Waals surface area contributed by atoms with Crippen LogP contribution in [0.4, 0.5) is 0 Å². The average molecular weight is 249 g/mol. The Morgan fingerprint density at radius 2 is 2.25 bits per heavy atom. The predicted octanol–water partition coefficient (Wildman–Crippen LogP) is 0.798. The molecule has 1 amide bonds. The van der Waals surface area contributed by atoms with E-state index in [-0.39, 0.29) is 30.5 Å². The van der Waals surface area contributed by atoms with Crippen molar-refractivity contribution in [1.29, 1.82) is 0 Å². The number of nitrogens with zero attached hydrogens (tertiary/aromatic N) is 1. The lowest BCUT2D eigenvalue weighted by molar-refractivity contribution is -0.140. The monoisotopic (exact) mass is 248 g/mol. The molecule has 0 radical (unpaired) electrons. The van der Waals surface area contributed by atoms with Crippen molar-refractivity contribution in [3.05, 3.63) is 0 Å². The summed E-state index contributed by atoms with van der Waals surface area (Å²) in [4.78, 5) is 14.0. The molecule has 0 bridgehead atoms. The van der Waals surface area contributed by atoms with Crippen molar-refractivity contribution in [2.75, 3.05) is 26.2 Å². The summed E-state index contributed by atoms with van der Waals surface area (Å²) in [6.07, 6.45) is 3.54. The van der Waals surface area contributed by atoms with Crippen molar-refractivity contribution in [2.24, 2.45) is 0 Å². The van der Waals surface area contributed by atoms with Gasteiger partial charge in [-0.15, -0.1) is 12.4 Å². The number of rotatable bonds is 1. The maximum absolute atomic E-state index is 12.1. The van der Waals surface area contributed by atoms with Gasteiger partial charge in [0.15, 0.2) is 0 Å². The molecule has 16 heavy (non-hydrogen) atoms. The van der Waals surface area contributed by atoms with Gasteiger partial charge >= 0.3 is 0 Å². The van der Waals surface area contributed by atoms with Crippen LogP contribution in [0.3, 0.4) is 0 Å². The van der Waals surface area contributed by atoms with Gasteiger partial charge in [-0.2, -0.15) is 0 Å². The van der Waals surface area contributed by atoms with E-state index in [0.29, 0.717) is 6.61 Å². The first-order valence-electron chi connectivity index (χ1n) is 5.91. The topological polar surface area (TPSA) is 41.6 Å². The SMILES string of the molecule is CC1CN(C(=O)[C@H]2CCCCN2)CCO1.Cl. The van der Waals surface area contributed by atoms with Crippen LogP contribution in [0.2, 0.25) is 0 Å². The fourth-order valence-corrected chi connectivity index (χ4v) is 2.30. The van der Waals surface area contributed by atoms with Crippen LogP contribution in [0.25, 0.3) is 0 Å². The van der Waals surface area contributed by atoms with E-state index in [0.717, 1.165) is 26.1 Å². The molecule has 2 atom stereocenters. The molecular formula is C11H21ClN2O2. The summed E-state index contributed by atoms with van der Waals surface area (Å²) in [5, 5.41) is 3.30. The Hall–Kier alpha value is -0.320. The van der Waals surface area contributed by atoms with E-state index in [1.54, 1.807) is 0 Å². The van der Waals surface area contributed by atoms with Gasteiger partial charge in [0.2, 0.25) is 5.91 Å². The first kappa shape index (κ1) is 13.7. The second-order valence-corrected chi connectivity index (χ2v) is 4.47. The Balaban J connectivity index is 0.00000128. The van der Waals surface area contributed by atoms with Gasteiger partial charge in [-0.05, 0) is 26.3 Å². The number of carbonyl (C=O) groups is 1. The molecule has 0 aromatic heterocycles. The molecule has 94 valence electrons. The zero-order valence-electron chi connectivity index (χ0n) is 9.78. The highest BCUT2D eigenvalue weighted by molar-refractivity contribution is 5.85. The molecule has 1 N–H and O–H groups in total. The number of amides is 1. The largest absolute Gasteiger partial charge is 0.375 e. The van der Waals surface area contributed by atoms with E-state index in [9.17, 15) is 4.79 Å². The van der Waals surface area contributed by atoms with Crippen LogP contribution in [0.15, 0.2) is 0 Å². The van der Waals surface area contributed by atoms with Gasteiger partial charge in [0, 0.05) is 13.1 Å². The van der Waals surface area contributed by atoms with E-state index in [1.807, 2.05) is 11.8 Å². The number of nitrogens with one attached hydrogen (secondary N) is 1. The fraction of sp³-hybridized carbons (Fsp3) is 0.909. The number of hydrogen-bond acceptors (Lipinski definition) is 3. The number of carbonyl (C=O) groups excluding carboxylic acids is 1. The third-order valence-corrected chi connectivity index (χ3v) is 3.16. The lowest BCUT2D eigenvalue weighted by Gasteiger charge is -2.35. The summed E-state index contributed by atoms with van der Waals surface area (Å²) >= 11 is 0. The third-order valence-electron chi connectivity index (χ3n) is 3.16. The van der Waals surface area contributed by atoms with Crippen LogP contribution >= 0.6 is 12.4 Å². The summed E-state index contributed by atoms with van der Waals surface area (Å²) in [5.74, 6) is 0.268. The molecule has 0 saturated carbocycles. The minimum absolute atomic E-state index is 0.